The van der Waals surface area contributed by atoms with Crippen LogP contribution < -0.4 is 0 Å². The van der Waals surface area contributed by atoms with Gasteiger partial charge in [0.1, 0.15) is 11.5 Å². The van der Waals surface area contributed by atoms with Crippen molar-refractivity contribution in [1.82, 2.24) is 0 Å². The lowest BCUT2D eigenvalue weighted by Crippen LogP contribution is -1.81. The Hall–Kier alpha value is -1.50. The highest BCUT2D eigenvalue weighted by atomic mass is 16.3. The molecule has 0 atom stereocenters. The van der Waals surface area contributed by atoms with Crippen LogP contribution >= 0.6 is 0 Å². The molecule has 84 valence electrons. The van der Waals surface area contributed by atoms with Crippen LogP contribution in [-0.4, -0.2) is 0 Å². The summed E-state index contributed by atoms with van der Waals surface area (Å²) in [6, 6.07) is 12.5. The number of unbranched alkanes of at least 4 members (excludes halogenated alkanes) is 1. The first-order valence-corrected chi connectivity index (χ1v) is 5.96. The zero-order valence-electron chi connectivity index (χ0n) is 9.99. The lowest BCUT2D eigenvalue weighted by molar-refractivity contribution is 0.512. The van der Waals surface area contributed by atoms with E-state index in [1.54, 1.807) is 0 Å². The second-order valence-electron chi connectivity index (χ2n) is 4.18. The molecule has 0 radical (unpaired) electrons. The van der Waals surface area contributed by atoms with Crippen molar-refractivity contribution in [1.29, 1.82) is 0 Å². The van der Waals surface area contributed by atoms with Crippen LogP contribution in [0.5, 0.6) is 0 Å². The Kier molecular flexibility index (Phi) is 3.45. The normalized spacial score (nSPS) is 10.6. The van der Waals surface area contributed by atoms with Crippen molar-refractivity contribution in [2.45, 2.75) is 33.1 Å². The predicted octanol–water partition coefficient (Wildman–Crippen LogP) is 4.60. The van der Waals surface area contributed by atoms with Crippen LogP contribution in [0, 0.1) is 6.92 Å². The maximum atomic E-state index is 5.85. The molecular weight excluding hydrogens is 196 g/mol. The highest BCUT2D eigenvalue weighted by molar-refractivity contribution is 5.61. The quantitative estimate of drug-likeness (QED) is 0.725. The topological polar surface area (TPSA) is 13.1 Å². The fourth-order valence-corrected chi connectivity index (χ4v) is 1.86. The molecule has 0 aliphatic carbocycles. The van der Waals surface area contributed by atoms with Crippen molar-refractivity contribution in [3.63, 3.8) is 0 Å². The first kappa shape index (κ1) is 11.0. The molecule has 1 nitrogen and oxygen atoms in total. The third-order valence-electron chi connectivity index (χ3n) is 2.85. The van der Waals surface area contributed by atoms with Crippen LogP contribution in [0.1, 0.15) is 31.1 Å². The highest BCUT2D eigenvalue weighted by Gasteiger charge is 2.06. The molecule has 1 aromatic carbocycles. The number of hydrogen-bond donors (Lipinski definition) is 0. The monoisotopic (exact) mass is 214 g/mol. The molecule has 1 heteroatoms. The summed E-state index contributed by atoms with van der Waals surface area (Å²) in [5.74, 6) is 2.09. The average Bonchev–Trinajstić information content (AvgIpc) is 2.75. The summed E-state index contributed by atoms with van der Waals surface area (Å²) in [4.78, 5) is 0. The fraction of sp³-hybridized carbons (Fsp3) is 0.333. The molecule has 0 aliphatic rings. The Labute approximate surface area is 97.1 Å². The van der Waals surface area contributed by atoms with E-state index in [0.717, 1.165) is 17.9 Å². The van der Waals surface area contributed by atoms with Crippen LogP contribution in [0.3, 0.4) is 0 Å². The molecular formula is C15H18O. The van der Waals surface area contributed by atoms with E-state index in [1.807, 2.05) is 0 Å². The smallest absolute Gasteiger partial charge is 0.134 e. The number of rotatable bonds is 4. The first-order valence-electron chi connectivity index (χ1n) is 5.96. The van der Waals surface area contributed by atoms with Crippen LogP contribution in [-0.2, 0) is 6.42 Å². The molecule has 2 aromatic rings. The number of hydrogen-bond acceptors (Lipinski definition) is 1. The minimum Gasteiger partial charge on any atom is -0.461 e. The summed E-state index contributed by atoms with van der Waals surface area (Å²) in [5.41, 5.74) is 2.46. The molecule has 0 fully saturated rings. The maximum Gasteiger partial charge on any atom is 0.134 e. The summed E-state index contributed by atoms with van der Waals surface area (Å²) < 4.78 is 5.85. The Balaban J connectivity index is 2.22. The second kappa shape index (κ2) is 5.02. The van der Waals surface area contributed by atoms with Crippen molar-refractivity contribution in [2.75, 3.05) is 0 Å². The summed E-state index contributed by atoms with van der Waals surface area (Å²) in [5, 5.41) is 0. The Morgan fingerprint density at radius 3 is 2.62 bits per heavy atom. The Bertz CT molecular complexity index is 454. The fourth-order valence-electron chi connectivity index (χ4n) is 1.86. The van der Waals surface area contributed by atoms with Crippen molar-refractivity contribution in [3.05, 3.63) is 47.7 Å². The van der Waals surface area contributed by atoms with Gasteiger partial charge in [-0.15, -0.1) is 0 Å². The van der Waals surface area contributed by atoms with Crippen molar-refractivity contribution < 1.29 is 4.42 Å². The van der Waals surface area contributed by atoms with Crippen molar-refractivity contribution >= 4 is 0 Å². The van der Waals surface area contributed by atoms with E-state index in [-0.39, 0.29) is 0 Å². The second-order valence-corrected chi connectivity index (χ2v) is 4.18. The van der Waals surface area contributed by atoms with E-state index in [2.05, 4.69) is 50.2 Å². The molecule has 16 heavy (non-hydrogen) atoms. The molecule has 0 unspecified atom stereocenters. The molecule has 0 spiro atoms. The van der Waals surface area contributed by atoms with Gasteiger partial charge in [-0.1, -0.05) is 37.6 Å². The van der Waals surface area contributed by atoms with Crippen LogP contribution in [0.2, 0.25) is 0 Å². The van der Waals surface area contributed by atoms with Gasteiger partial charge in [0.05, 0.1) is 0 Å². The number of aryl methyl sites for hydroxylation is 2. The van der Waals surface area contributed by atoms with E-state index in [1.165, 1.54) is 24.0 Å². The zero-order valence-corrected chi connectivity index (χ0v) is 9.99. The standard InChI is InChI=1S/C15H18O/c1-3-4-8-13-10-11-15(16-13)14-9-6-5-7-12(14)2/h5-7,9-11H,3-4,8H2,1-2H3. The van der Waals surface area contributed by atoms with Crippen LogP contribution in [0.25, 0.3) is 11.3 Å². The molecule has 1 aromatic heterocycles. The molecule has 0 aliphatic heterocycles. The predicted molar refractivity (Wildman–Crippen MR) is 67.5 cm³/mol. The van der Waals surface area contributed by atoms with Crippen molar-refractivity contribution in [2.24, 2.45) is 0 Å². The van der Waals surface area contributed by atoms with Gasteiger partial charge in [-0.2, -0.15) is 0 Å². The third-order valence-corrected chi connectivity index (χ3v) is 2.85. The third kappa shape index (κ3) is 2.35. The van der Waals surface area contributed by atoms with Gasteiger partial charge in [0.15, 0.2) is 0 Å². The van der Waals surface area contributed by atoms with E-state index >= 15 is 0 Å². The molecule has 0 saturated heterocycles. The van der Waals surface area contributed by atoms with Gasteiger partial charge in [-0.05, 0) is 31.0 Å². The van der Waals surface area contributed by atoms with E-state index < -0.39 is 0 Å². The van der Waals surface area contributed by atoms with Gasteiger partial charge >= 0.3 is 0 Å². The van der Waals surface area contributed by atoms with Crippen LogP contribution in [0.15, 0.2) is 40.8 Å². The summed E-state index contributed by atoms with van der Waals surface area (Å²) in [6.45, 7) is 4.31. The Morgan fingerprint density at radius 2 is 1.88 bits per heavy atom. The lowest BCUT2D eigenvalue weighted by Gasteiger charge is -2.01. The summed E-state index contributed by atoms with van der Waals surface area (Å²) in [7, 11) is 0. The molecule has 2 rings (SSSR count). The van der Waals surface area contributed by atoms with E-state index in [9.17, 15) is 0 Å². The maximum absolute atomic E-state index is 5.85. The van der Waals surface area contributed by atoms with E-state index in [0.29, 0.717) is 0 Å². The van der Waals surface area contributed by atoms with Gasteiger partial charge in [-0.25, -0.2) is 0 Å². The summed E-state index contributed by atoms with van der Waals surface area (Å²) >= 11 is 0. The minimum absolute atomic E-state index is 0.990. The lowest BCUT2D eigenvalue weighted by atomic mass is 10.1. The molecule has 0 amide bonds. The van der Waals surface area contributed by atoms with Gasteiger partial charge in [0.2, 0.25) is 0 Å². The summed E-state index contributed by atoms with van der Waals surface area (Å²) in [6.07, 6.45) is 3.45. The molecule has 0 N–H and O–H groups in total. The van der Waals surface area contributed by atoms with Gasteiger partial charge in [0, 0.05) is 12.0 Å². The van der Waals surface area contributed by atoms with Gasteiger partial charge in [0.25, 0.3) is 0 Å². The van der Waals surface area contributed by atoms with E-state index in [4.69, 9.17) is 4.42 Å². The molecule has 0 bridgehead atoms. The van der Waals surface area contributed by atoms with Gasteiger partial charge in [-0.3, -0.25) is 0 Å². The minimum atomic E-state index is 0.990. The zero-order chi connectivity index (χ0) is 11.4. The molecule has 1 heterocycles. The highest BCUT2D eigenvalue weighted by Crippen LogP contribution is 2.25. The molecule has 0 saturated carbocycles. The van der Waals surface area contributed by atoms with Crippen molar-refractivity contribution in [3.8, 4) is 11.3 Å². The first-order chi connectivity index (χ1) is 7.81. The average molecular weight is 214 g/mol. The largest absolute Gasteiger partial charge is 0.461 e. The SMILES string of the molecule is CCCCc1ccc(-c2ccccc2C)o1. The van der Waals surface area contributed by atoms with Gasteiger partial charge < -0.3 is 4.42 Å². The number of benzene rings is 1. The number of furan rings is 1. The van der Waals surface area contributed by atoms with Crippen LogP contribution in [0.4, 0.5) is 0 Å². The Morgan fingerprint density at radius 1 is 1.06 bits per heavy atom.